The Hall–Kier alpha value is -0.710. The Morgan fingerprint density at radius 3 is 2.61 bits per heavy atom. The second-order valence-corrected chi connectivity index (χ2v) is 6.26. The average molecular weight is 287 g/mol. The van der Waals surface area contributed by atoms with Gasteiger partial charge in [0.2, 0.25) is 0 Å². The molecule has 0 aliphatic rings. The molecular weight excluding hydrogens is 268 g/mol. The summed E-state index contributed by atoms with van der Waals surface area (Å²) in [5, 5.41) is 10.8. The Balaban J connectivity index is 0.00000162. The van der Waals surface area contributed by atoms with Crippen molar-refractivity contribution in [1.82, 2.24) is 9.97 Å². The van der Waals surface area contributed by atoms with Gasteiger partial charge >= 0.3 is 0 Å². The van der Waals surface area contributed by atoms with Crippen molar-refractivity contribution in [1.29, 1.82) is 0 Å². The van der Waals surface area contributed by atoms with Crippen molar-refractivity contribution in [2.45, 2.75) is 32.0 Å². The first kappa shape index (κ1) is 15.3. The van der Waals surface area contributed by atoms with Crippen LogP contribution in [0.5, 0.6) is 0 Å². The summed E-state index contributed by atoms with van der Waals surface area (Å²) in [6.45, 7) is 6.12. The van der Waals surface area contributed by atoms with Gasteiger partial charge in [-0.3, -0.25) is 0 Å². The van der Waals surface area contributed by atoms with Gasteiger partial charge in [-0.15, -0.1) is 12.4 Å². The van der Waals surface area contributed by atoms with Crippen LogP contribution in [0.3, 0.4) is 0 Å². The number of para-hydroxylation sites is 2. The number of benzene rings is 1. The molecule has 18 heavy (non-hydrogen) atoms. The zero-order valence-corrected chi connectivity index (χ0v) is 12.4. The van der Waals surface area contributed by atoms with E-state index in [2.05, 4.69) is 9.97 Å². The highest BCUT2D eigenvalue weighted by atomic mass is 35.5. The summed E-state index contributed by atoms with van der Waals surface area (Å²) in [5.74, 6) is 0.656. The fourth-order valence-electron chi connectivity index (χ4n) is 1.41. The van der Waals surface area contributed by atoms with Crippen LogP contribution in [0, 0.1) is 5.41 Å². The Labute approximate surface area is 118 Å². The van der Waals surface area contributed by atoms with Crippen LogP contribution in [-0.4, -0.2) is 26.9 Å². The lowest BCUT2D eigenvalue weighted by Crippen LogP contribution is -2.28. The molecule has 1 atom stereocenters. The van der Waals surface area contributed by atoms with E-state index in [1.807, 2.05) is 45.0 Å². The van der Waals surface area contributed by atoms with Crippen LogP contribution in [0.15, 0.2) is 29.4 Å². The third kappa shape index (κ3) is 3.64. The molecule has 0 aliphatic heterocycles. The van der Waals surface area contributed by atoms with E-state index in [1.165, 1.54) is 0 Å². The maximum atomic E-state index is 9.96. The molecule has 2 N–H and O–H groups in total. The number of fused-ring (bicyclic) bond motifs is 1. The van der Waals surface area contributed by atoms with Gasteiger partial charge in [-0.2, -0.15) is 0 Å². The van der Waals surface area contributed by atoms with Gasteiger partial charge in [-0.05, 0) is 17.5 Å². The summed E-state index contributed by atoms with van der Waals surface area (Å²) in [4.78, 5) is 7.71. The van der Waals surface area contributed by atoms with Gasteiger partial charge in [0, 0.05) is 5.75 Å². The molecule has 0 bridgehead atoms. The highest BCUT2D eigenvalue weighted by Crippen LogP contribution is 2.26. The number of thioether (sulfide) groups is 1. The van der Waals surface area contributed by atoms with Gasteiger partial charge in [0.15, 0.2) is 5.16 Å². The molecular formula is C13H19ClN2OS. The minimum Gasteiger partial charge on any atom is -0.392 e. The van der Waals surface area contributed by atoms with Crippen molar-refractivity contribution < 1.29 is 5.11 Å². The molecule has 0 saturated carbocycles. The smallest absolute Gasteiger partial charge is 0.166 e. The van der Waals surface area contributed by atoms with E-state index in [4.69, 9.17) is 0 Å². The van der Waals surface area contributed by atoms with Crippen molar-refractivity contribution in [2.24, 2.45) is 5.41 Å². The van der Waals surface area contributed by atoms with E-state index < -0.39 is 0 Å². The number of nitrogens with zero attached hydrogens (tertiary/aromatic N) is 1. The van der Waals surface area contributed by atoms with Crippen LogP contribution < -0.4 is 0 Å². The van der Waals surface area contributed by atoms with E-state index in [0.717, 1.165) is 16.2 Å². The van der Waals surface area contributed by atoms with Crippen LogP contribution in [0.25, 0.3) is 11.0 Å². The lowest BCUT2D eigenvalue weighted by molar-refractivity contribution is 0.0842. The second kappa shape index (κ2) is 5.95. The Bertz CT molecular complexity index is 474. The predicted molar refractivity (Wildman–Crippen MR) is 79.5 cm³/mol. The number of aliphatic hydroxyl groups is 1. The van der Waals surface area contributed by atoms with E-state index >= 15 is 0 Å². The minimum absolute atomic E-state index is 0. The van der Waals surface area contributed by atoms with Gasteiger partial charge in [0.05, 0.1) is 17.1 Å². The van der Waals surface area contributed by atoms with Gasteiger partial charge in [-0.25, -0.2) is 4.98 Å². The van der Waals surface area contributed by atoms with Crippen molar-refractivity contribution in [3.05, 3.63) is 24.3 Å². The predicted octanol–water partition coefficient (Wildman–Crippen LogP) is 3.48. The van der Waals surface area contributed by atoms with Crippen LogP contribution >= 0.6 is 24.2 Å². The van der Waals surface area contributed by atoms with Crippen molar-refractivity contribution >= 4 is 35.2 Å². The van der Waals surface area contributed by atoms with Crippen LogP contribution in [0.4, 0.5) is 0 Å². The van der Waals surface area contributed by atoms with Gasteiger partial charge in [-0.1, -0.05) is 44.7 Å². The molecule has 0 aliphatic carbocycles. The molecule has 0 spiro atoms. The lowest BCUT2D eigenvalue weighted by atomic mass is 9.90. The van der Waals surface area contributed by atoms with E-state index in [-0.39, 0.29) is 23.9 Å². The fourth-order valence-corrected chi connectivity index (χ4v) is 2.57. The monoisotopic (exact) mass is 286 g/mol. The van der Waals surface area contributed by atoms with Crippen LogP contribution in [-0.2, 0) is 0 Å². The first-order chi connectivity index (χ1) is 7.97. The largest absolute Gasteiger partial charge is 0.392 e. The van der Waals surface area contributed by atoms with Crippen molar-refractivity contribution in [2.75, 3.05) is 5.75 Å². The molecule has 0 radical (unpaired) electrons. The topological polar surface area (TPSA) is 48.9 Å². The standard InChI is InChI=1S/C13H18N2OS.ClH/c1-13(2,3)11(16)8-17-12-14-9-6-4-5-7-10(9)15-12;/h4-7,11,16H,8H2,1-3H3,(H,14,15);1H. The second-order valence-electron chi connectivity index (χ2n) is 5.25. The number of hydrogen-bond donors (Lipinski definition) is 2. The van der Waals surface area contributed by atoms with Crippen LogP contribution in [0.2, 0.25) is 0 Å². The Morgan fingerprint density at radius 1 is 1.33 bits per heavy atom. The van der Waals surface area contributed by atoms with E-state index in [0.29, 0.717) is 5.75 Å². The number of hydrogen-bond acceptors (Lipinski definition) is 3. The summed E-state index contributed by atoms with van der Waals surface area (Å²) >= 11 is 1.56. The molecule has 3 nitrogen and oxygen atoms in total. The third-order valence-electron chi connectivity index (χ3n) is 2.75. The Kier molecular flexibility index (Phi) is 5.08. The highest BCUT2D eigenvalue weighted by Gasteiger charge is 2.22. The summed E-state index contributed by atoms with van der Waals surface area (Å²) in [6, 6.07) is 7.95. The van der Waals surface area contributed by atoms with Gasteiger partial charge < -0.3 is 10.1 Å². The first-order valence-corrected chi connectivity index (χ1v) is 6.71. The van der Waals surface area contributed by atoms with Crippen LogP contribution in [0.1, 0.15) is 20.8 Å². The highest BCUT2D eigenvalue weighted by molar-refractivity contribution is 7.99. The van der Waals surface area contributed by atoms with E-state index in [1.54, 1.807) is 11.8 Å². The molecule has 0 fully saturated rings. The number of H-pyrrole nitrogens is 1. The number of aromatic amines is 1. The normalized spacial score (nSPS) is 13.3. The third-order valence-corrected chi connectivity index (χ3v) is 3.69. The number of aliphatic hydroxyl groups excluding tert-OH is 1. The summed E-state index contributed by atoms with van der Waals surface area (Å²) in [7, 11) is 0. The molecule has 1 unspecified atom stereocenters. The Morgan fingerprint density at radius 2 is 2.00 bits per heavy atom. The number of aromatic nitrogens is 2. The first-order valence-electron chi connectivity index (χ1n) is 5.72. The van der Waals surface area contributed by atoms with Crippen molar-refractivity contribution in [3.63, 3.8) is 0 Å². The maximum absolute atomic E-state index is 9.96. The molecule has 1 aromatic heterocycles. The number of imidazole rings is 1. The minimum atomic E-state index is -0.333. The molecule has 1 heterocycles. The molecule has 0 saturated heterocycles. The van der Waals surface area contributed by atoms with Gasteiger partial charge in [0.1, 0.15) is 0 Å². The molecule has 0 amide bonds. The quantitative estimate of drug-likeness (QED) is 0.849. The summed E-state index contributed by atoms with van der Waals surface area (Å²) in [6.07, 6.45) is -0.333. The molecule has 100 valence electrons. The number of halogens is 1. The summed E-state index contributed by atoms with van der Waals surface area (Å²) < 4.78 is 0. The lowest BCUT2D eigenvalue weighted by Gasteiger charge is -2.24. The SMILES string of the molecule is CC(C)(C)C(O)CSc1nc2ccccc2[nH]1.Cl. The molecule has 1 aromatic carbocycles. The van der Waals surface area contributed by atoms with E-state index in [9.17, 15) is 5.11 Å². The molecule has 2 aromatic rings. The van der Waals surface area contributed by atoms with Gasteiger partial charge in [0.25, 0.3) is 0 Å². The molecule has 2 rings (SSSR count). The molecule has 5 heteroatoms. The fraction of sp³-hybridized carbons (Fsp3) is 0.462. The maximum Gasteiger partial charge on any atom is 0.166 e. The number of rotatable bonds is 3. The summed E-state index contributed by atoms with van der Waals surface area (Å²) in [5.41, 5.74) is 1.93. The number of nitrogens with one attached hydrogen (secondary N) is 1. The van der Waals surface area contributed by atoms with Crippen molar-refractivity contribution in [3.8, 4) is 0 Å². The zero-order chi connectivity index (χ0) is 12.5. The zero-order valence-electron chi connectivity index (χ0n) is 10.8. The average Bonchev–Trinajstić information content (AvgIpc) is 2.66.